The summed E-state index contributed by atoms with van der Waals surface area (Å²) in [6, 6.07) is 11.5. The second-order valence-corrected chi connectivity index (χ2v) is 8.49. The number of hydrogen-bond acceptors (Lipinski definition) is 4. The lowest BCUT2D eigenvalue weighted by molar-refractivity contribution is -0.133. The fourth-order valence-electron chi connectivity index (χ4n) is 3.42. The second-order valence-electron chi connectivity index (χ2n) is 7.40. The van der Waals surface area contributed by atoms with E-state index in [0.29, 0.717) is 25.4 Å². The first-order valence-corrected chi connectivity index (χ1v) is 10.8. The molecular weight excluding hydrogens is 444 g/mol. The molecule has 0 aliphatic carbocycles. The molecule has 2 aromatic carbocycles. The summed E-state index contributed by atoms with van der Waals surface area (Å²) in [6.07, 6.45) is 0.197. The minimum atomic E-state index is -0.544. The minimum absolute atomic E-state index is 0. The molecule has 3 rings (SSSR count). The molecule has 1 aliphatic rings. The largest absolute Gasteiger partial charge is 0.339 e. The van der Waals surface area contributed by atoms with Gasteiger partial charge in [0.25, 0.3) is 5.91 Å². The van der Waals surface area contributed by atoms with E-state index in [2.05, 4.69) is 0 Å². The average Bonchev–Trinajstić information content (AvgIpc) is 2.73. The van der Waals surface area contributed by atoms with Gasteiger partial charge in [-0.15, -0.1) is 24.2 Å². The first-order chi connectivity index (χ1) is 14.3. The number of hydrogen-bond donors (Lipinski definition) is 1. The summed E-state index contributed by atoms with van der Waals surface area (Å²) in [6.45, 7) is 2.97. The molecule has 0 unspecified atom stereocenters. The summed E-state index contributed by atoms with van der Waals surface area (Å²) in [4.78, 5) is 29.5. The van der Waals surface area contributed by atoms with Gasteiger partial charge in [0.2, 0.25) is 5.91 Å². The van der Waals surface area contributed by atoms with Gasteiger partial charge in [-0.3, -0.25) is 9.59 Å². The fraction of sp³-hybridized carbons (Fsp3) is 0.364. The molecule has 168 valence electrons. The van der Waals surface area contributed by atoms with Gasteiger partial charge in [0.1, 0.15) is 11.6 Å². The van der Waals surface area contributed by atoms with Crippen LogP contribution in [0.3, 0.4) is 0 Å². The zero-order valence-electron chi connectivity index (χ0n) is 17.2. The molecule has 0 radical (unpaired) electrons. The summed E-state index contributed by atoms with van der Waals surface area (Å²) in [5.74, 6) is -0.718. The Morgan fingerprint density at radius 1 is 1.13 bits per heavy atom. The fourth-order valence-corrected chi connectivity index (χ4v) is 4.27. The molecule has 1 heterocycles. The van der Waals surface area contributed by atoms with Gasteiger partial charge in [-0.1, -0.05) is 12.1 Å². The standard InChI is InChI=1S/C22H25F2N3O2S.ClH/c1-15-13-26(10-11-27(15)22(29)19-4-2-3-5-20(19)24)21(28)12-17(25)14-30-18-8-6-16(23)7-9-18;/h2-9,15,17H,10-14,25H2,1H3;1H/t15-,17-;/m0./s1. The van der Waals surface area contributed by atoms with Crippen molar-refractivity contribution in [2.75, 3.05) is 25.4 Å². The van der Waals surface area contributed by atoms with Crippen LogP contribution < -0.4 is 5.73 Å². The van der Waals surface area contributed by atoms with E-state index in [-0.39, 0.29) is 54.1 Å². The van der Waals surface area contributed by atoms with E-state index in [9.17, 15) is 18.4 Å². The molecule has 9 heteroatoms. The van der Waals surface area contributed by atoms with Gasteiger partial charge in [0.15, 0.2) is 0 Å². The zero-order chi connectivity index (χ0) is 21.7. The number of amides is 2. The summed E-state index contributed by atoms with van der Waals surface area (Å²) < 4.78 is 26.9. The Bertz CT molecular complexity index is 901. The molecule has 2 aromatic rings. The predicted molar refractivity (Wildman–Crippen MR) is 120 cm³/mol. The van der Waals surface area contributed by atoms with Crippen molar-refractivity contribution in [1.82, 2.24) is 9.80 Å². The Balaban J connectivity index is 0.00000341. The monoisotopic (exact) mass is 469 g/mol. The Morgan fingerprint density at radius 3 is 2.45 bits per heavy atom. The molecule has 0 saturated carbocycles. The number of nitrogens with two attached hydrogens (primary N) is 1. The van der Waals surface area contributed by atoms with E-state index in [1.165, 1.54) is 36.0 Å². The summed E-state index contributed by atoms with van der Waals surface area (Å²) in [5, 5.41) is 0. The SMILES string of the molecule is C[C@H]1CN(C(=O)C[C@H](N)CSc2ccc(F)cc2)CCN1C(=O)c1ccccc1F.Cl. The van der Waals surface area contributed by atoms with Gasteiger partial charge in [-0.2, -0.15) is 0 Å². The third-order valence-corrected chi connectivity index (χ3v) is 6.26. The lowest BCUT2D eigenvalue weighted by Crippen LogP contribution is -2.56. The molecule has 0 spiro atoms. The third-order valence-electron chi connectivity index (χ3n) is 5.06. The highest BCUT2D eigenvalue weighted by Gasteiger charge is 2.31. The van der Waals surface area contributed by atoms with Crippen molar-refractivity contribution in [3.63, 3.8) is 0 Å². The summed E-state index contributed by atoms with van der Waals surface area (Å²) in [7, 11) is 0. The number of carbonyl (C=O) groups is 2. The van der Waals surface area contributed by atoms with Crippen LogP contribution in [0.4, 0.5) is 8.78 Å². The van der Waals surface area contributed by atoms with Crippen LogP contribution in [0, 0.1) is 11.6 Å². The first kappa shape index (κ1) is 25.1. The lowest BCUT2D eigenvalue weighted by atomic mass is 10.1. The van der Waals surface area contributed by atoms with Crippen molar-refractivity contribution < 1.29 is 18.4 Å². The summed E-state index contributed by atoms with van der Waals surface area (Å²) >= 11 is 1.48. The average molecular weight is 470 g/mol. The lowest BCUT2D eigenvalue weighted by Gasteiger charge is -2.40. The molecule has 1 saturated heterocycles. The molecule has 0 aromatic heterocycles. The van der Waals surface area contributed by atoms with E-state index in [4.69, 9.17) is 5.73 Å². The van der Waals surface area contributed by atoms with Crippen LogP contribution in [-0.2, 0) is 4.79 Å². The predicted octanol–water partition coefficient (Wildman–Crippen LogP) is 3.57. The zero-order valence-corrected chi connectivity index (χ0v) is 18.8. The van der Waals surface area contributed by atoms with Crippen LogP contribution in [0.5, 0.6) is 0 Å². The van der Waals surface area contributed by atoms with Crippen LogP contribution >= 0.6 is 24.2 Å². The number of thioether (sulfide) groups is 1. The van der Waals surface area contributed by atoms with Crippen LogP contribution in [0.1, 0.15) is 23.7 Å². The number of nitrogens with zero attached hydrogens (tertiary/aromatic N) is 2. The molecule has 31 heavy (non-hydrogen) atoms. The van der Waals surface area contributed by atoms with E-state index in [1.807, 2.05) is 6.92 Å². The molecule has 0 bridgehead atoms. The quantitative estimate of drug-likeness (QED) is 0.657. The molecule has 2 amide bonds. The van der Waals surface area contributed by atoms with E-state index < -0.39 is 5.82 Å². The Hall–Kier alpha value is -2.16. The van der Waals surface area contributed by atoms with Gasteiger partial charge in [-0.05, 0) is 43.3 Å². The second kappa shape index (κ2) is 11.5. The molecule has 1 fully saturated rings. The van der Waals surface area contributed by atoms with Gasteiger partial charge < -0.3 is 15.5 Å². The normalized spacial score (nSPS) is 17.1. The van der Waals surface area contributed by atoms with Gasteiger partial charge in [0.05, 0.1) is 5.56 Å². The minimum Gasteiger partial charge on any atom is -0.339 e. The van der Waals surface area contributed by atoms with Gasteiger partial charge >= 0.3 is 0 Å². The van der Waals surface area contributed by atoms with Crippen molar-refractivity contribution in [1.29, 1.82) is 0 Å². The highest BCUT2D eigenvalue weighted by Crippen LogP contribution is 2.20. The smallest absolute Gasteiger partial charge is 0.257 e. The number of halogens is 3. The first-order valence-electron chi connectivity index (χ1n) is 9.82. The Kier molecular flexibility index (Phi) is 9.28. The van der Waals surface area contributed by atoms with Crippen molar-refractivity contribution >= 4 is 36.0 Å². The number of carbonyl (C=O) groups excluding carboxylic acids is 2. The number of benzene rings is 2. The molecule has 2 atom stereocenters. The highest BCUT2D eigenvalue weighted by molar-refractivity contribution is 7.99. The Labute approximate surface area is 191 Å². The maximum absolute atomic E-state index is 13.9. The van der Waals surface area contributed by atoms with Gasteiger partial charge in [-0.25, -0.2) is 8.78 Å². The van der Waals surface area contributed by atoms with E-state index >= 15 is 0 Å². The third kappa shape index (κ3) is 6.66. The number of rotatable bonds is 6. The molecule has 1 aliphatic heterocycles. The van der Waals surface area contributed by atoms with Crippen LogP contribution in [0.25, 0.3) is 0 Å². The van der Waals surface area contributed by atoms with Crippen molar-refractivity contribution in [3.05, 3.63) is 65.7 Å². The summed E-state index contributed by atoms with van der Waals surface area (Å²) in [5.41, 5.74) is 6.16. The number of piperazine rings is 1. The maximum Gasteiger partial charge on any atom is 0.257 e. The van der Waals surface area contributed by atoms with Crippen LogP contribution in [-0.4, -0.2) is 59.1 Å². The van der Waals surface area contributed by atoms with Crippen molar-refractivity contribution in [3.8, 4) is 0 Å². The van der Waals surface area contributed by atoms with Crippen LogP contribution in [0.2, 0.25) is 0 Å². The Morgan fingerprint density at radius 2 is 1.81 bits per heavy atom. The van der Waals surface area contributed by atoms with E-state index in [1.54, 1.807) is 34.1 Å². The highest BCUT2D eigenvalue weighted by atomic mass is 35.5. The van der Waals surface area contributed by atoms with Crippen LogP contribution in [0.15, 0.2) is 53.4 Å². The maximum atomic E-state index is 13.9. The molecule has 2 N–H and O–H groups in total. The van der Waals surface area contributed by atoms with E-state index in [0.717, 1.165) is 4.90 Å². The van der Waals surface area contributed by atoms with Crippen molar-refractivity contribution in [2.45, 2.75) is 30.3 Å². The molecular formula is C22H26ClF2N3O2S. The topological polar surface area (TPSA) is 66.6 Å². The van der Waals surface area contributed by atoms with Crippen molar-refractivity contribution in [2.24, 2.45) is 5.73 Å². The molecule has 5 nitrogen and oxygen atoms in total. The van der Waals surface area contributed by atoms with Gasteiger partial charge in [0, 0.05) is 48.8 Å².